The summed E-state index contributed by atoms with van der Waals surface area (Å²) in [5.41, 5.74) is 3.65. The number of ketones is 1. The maximum Gasteiger partial charge on any atom is 0.233 e. The van der Waals surface area contributed by atoms with Crippen LogP contribution >= 0.6 is 0 Å². The Balaban J connectivity index is 1.42. The standard InChI is InChI=1S/C28H29N7O/c1-20-8-10-22(11-9-20)26-31-27(33-28(32-26)35-16-14-34(2)15-17-35)30-25-19-23(12-13-29-25)24(36)18-21-6-4-3-5-7-21/h3-13,19H,14-18H2,1-2H3,(H,29,30,31,32,33). The highest BCUT2D eigenvalue weighted by molar-refractivity contribution is 5.98. The maximum atomic E-state index is 12.9. The normalized spacial score (nSPS) is 14.0. The Morgan fingerprint density at radius 1 is 0.917 bits per heavy atom. The lowest BCUT2D eigenvalue weighted by molar-refractivity contribution is 0.0993. The highest BCUT2D eigenvalue weighted by Crippen LogP contribution is 2.23. The first-order chi connectivity index (χ1) is 17.5. The summed E-state index contributed by atoms with van der Waals surface area (Å²) < 4.78 is 0. The van der Waals surface area contributed by atoms with Crippen molar-refractivity contribution >= 4 is 23.5 Å². The number of carbonyl (C=O) groups excluding carboxylic acids is 1. The molecule has 0 atom stereocenters. The van der Waals surface area contributed by atoms with Gasteiger partial charge in [-0.3, -0.25) is 4.79 Å². The molecule has 5 rings (SSSR count). The van der Waals surface area contributed by atoms with Crippen molar-refractivity contribution < 1.29 is 4.79 Å². The van der Waals surface area contributed by atoms with Gasteiger partial charge in [0.05, 0.1) is 0 Å². The summed E-state index contributed by atoms with van der Waals surface area (Å²) in [6, 6.07) is 21.3. The fourth-order valence-electron chi connectivity index (χ4n) is 4.07. The largest absolute Gasteiger partial charge is 0.338 e. The highest BCUT2D eigenvalue weighted by Gasteiger charge is 2.19. The summed E-state index contributed by atoms with van der Waals surface area (Å²) in [6.07, 6.45) is 1.96. The second-order valence-electron chi connectivity index (χ2n) is 9.08. The Morgan fingerprint density at radius 3 is 2.42 bits per heavy atom. The van der Waals surface area contributed by atoms with Crippen molar-refractivity contribution in [3.05, 3.63) is 89.6 Å². The van der Waals surface area contributed by atoms with E-state index < -0.39 is 0 Å². The van der Waals surface area contributed by atoms with Crippen molar-refractivity contribution in [1.82, 2.24) is 24.8 Å². The van der Waals surface area contributed by atoms with Crippen LogP contribution in [0.15, 0.2) is 72.9 Å². The first-order valence-corrected chi connectivity index (χ1v) is 12.1. The van der Waals surface area contributed by atoms with Crippen LogP contribution in [0.25, 0.3) is 11.4 Å². The van der Waals surface area contributed by atoms with Gasteiger partial charge in [-0.25, -0.2) is 4.98 Å². The second-order valence-corrected chi connectivity index (χ2v) is 9.08. The highest BCUT2D eigenvalue weighted by atomic mass is 16.1. The fourth-order valence-corrected chi connectivity index (χ4v) is 4.07. The van der Waals surface area contributed by atoms with Crippen molar-refractivity contribution in [3.63, 3.8) is 0 Å². The van der Waals surface area contributed by atoms with E-state index in [1.54, 1.807) is 18.3 Å². The molecule has 1 N–H and O–H groups in total. The number of likely N-dealkylation sites (N-methyl/N-ethyl adjacent to an activating group) is 1. The van der Waals surface area contributed by atoms with Gasteiger partial charge in [0.2, 0.25) is 11.9 Å². The fraction of sp³-hybridized carbons (Fsp3) is 0.250. The Morgan fingerprint density at radius 2 is 1.67 bits per heavy atom. The number of Topliss-reactive ketones (excluding diaryl/α,β-unsaturated/α-hetero) is 1. The lowest BCUT2D eigenvalue weighted by Crippen LogP contribution is -2.45. The summed E-state index contributed by atoms with van der Waals surface area (Å²) in [5.74, 6) is 2.17. The molecule has 2 aromatic heterocycles. The van der Waals surface area contributed by atoms with Gasteiger partial charge < -0.3 is 15.1 Å². The molecule has 182 valence electrons. The number of anilines is 3. The molecular formula is C28H29N7O. The van der Waals surface area contributed by atoms with E-state index in [0.717, 1.165) is 37.3 Å². The zero-order valence-electron chi connectivity index (χ0n) is 20.6. The van der Waals surface area contributed by atoms with Crippen LogP contribution < -0.4 is 10.2 Å². The lowest BCUT2D eigenvalue weighted by atomic mass is 10.0. The third-order valence-corrected chi connectivity index (χ3v) is 6.25. The number of benzene rings is 2. The van der Waals surface area contributed by atoms with Crippen LogP contribution in [-0.4, -0.2) is 63.8 Å². The number of pyridine rings is 1. The van der Waals surface area contributed by atoms with Crippen molar-refractivity contribution in [3.8, 4) is 11.4 Å². The van der Waals surface area contributed by atoms with Gasteiger partial charge in [0, 0.05) is 49.9 Å². The molecule has 4 aromatic rings. The molecule has 0 radical (unpaired) electrons. The minimum absolute atomic E-state index is 0.0285. The SMILES string of the molecule is Cc1ccc(-c2nc(Nc3cc(C(=O)Cc4ccccc4)ccn3)nc(N3CCN(C)CC3)n2)cc1. The molecule has 0 spiro atoms. The zero-order chi connectivity index (χ0) is 24.9. The molecule has 8 nitrogen and oxygen atoms in total. The van der Waals surface area contributed by atoms with E-state index in [4.69, 9.17) is 9.97 Å². The van der Waals surface area contributed by atoms with Crippen LogP contribution in [0, 0.1) is 6.92 Å². The van der Waals surface area contributed by atoms with E-state index in [2.05, 4.69) is 39.1 Å². The van der Waals surface area contributed by atoms with E-state index >= 15 is 0 Å². The van der Waals surface area contributed by atoms with Crippen LogP contribution in [-0.2, 0) is 6.42 Å². The van der Waals surface area contributed by atoms with Crippen LogP contribution in [0.2, 0.25) is 0 Å². The molecule has 0 saturated carbocycles. The summed E-state index contributed by atoms with van der Waals surface area (Å²) >= 11 is 0. The summed E-state index contributed by atoms with van der Waals surface area (Å²) in [5, 5.41) is 3.21. The topological polar surface area (TPSA) is 87.1 Å². The van der Waals surface area contributed by atoms with Crippen molar-refractivity contribution in [2.24, 2.45) is 0 Å². The molecule has 1 saturated heterocycles. The maximum absolute atomic E-state index is 12.9. The molecule has 0 unspecified atom stereocenters. The predicted molar refractivity (Wildman–Crippen MR) is 142 cm³/mol. The third-order valence-electron chi connectivity index (χ3n) is 6.25. The van der Waals surface area contributed by atoms with Crippen LogP contribution in [0.5, 0.6) is 0 Å². The quantitative estimate of drug-likeness (QED) is 0.396. The number of hydrogen-bond acceptors (Lipinski definition) is 8. The van der Waals surface area contributed by atoms with E-state index in [0.29, 0.717) is 35.5 Å². The van der Waals surface area contributed by atoms with Gasteiger partial charge in [0.1, 0.15) is 5.82 Å². The number of nitrogens with one attached hydrogen (secondary N) is 1. The minimum Gasteiger partial charge on any atom is -0.338 e. The van der Waals surface area contributed by atoms with E-state index in [1.165, 1.54) is 5.56 Å². The van der Waals surface area contributed by atoms with Crippen molar-refractivity contribution in [2.75, 3.05) is 43.4 Å². The Labute approximate surface area is 211 Å². The number of hydrogen-bond donors (Lipinski definition) is 1. The first-order valence-electron chi connectivity index (χ1n) is 12.1. The van der Waals surface area contributed by atoms with Gasteiger partial charge in [-0.15, -0.1) is 0 Å². The molecule has 3 heterocycles. The molecule has 1 aliphatic rings. The number of aryl methyl sites for hydroxylation is 1. The van der Waals surface area contributed by atoms with Crippen molar-refractivity contribution in [2.45, 2.75) is 13.3 Å². The zero-order valence-corrected chi connectivity index (χ0v) is 20.6. The Bertz CT molecular complexity index is 1330. The monoisotopic (exact) mass is 479 g/mol. The number of piperazine rings is 1. The van der Waals surface area contributed by atoms with Gasteiger partial charge in [-0.2, -0.15) is 15.0 Å². The number of nitrogens with zero attached hydrogens (tertiary/aromatic N) is 6. The second kappa shape index (κ2) is 10.6. The third kappa shape index (κ3) is 5.72. The van der Waals surface area contributed by atoms with E-state index in [-0.39, 0.29) is 5.78 Å². The molecule has 2 aromatic carbocycles. The van der Waals surface area contributed by atoms with Gasteiger partial charge in [-0.1, -0.05) is 60.2 Å². The number of aromatic nitrogens is 4. The molecule has 1 aliphatic heterocycles. The van der Waals surface area contributed by atoms with Crippen LogP contribution in [0.4, 0.5) is 17.7 Å². The van der Waals surface area contributed by atoms with E-state index in [9.17, 15) is 4.79 Å². The number of rotatable bonds is 7. The van der Waals surface area contributed by atoms with E-state index in [1.807, 2.05) is 54.6 Å². The molecule has 1 fully saturated rings. The molecule has 8 heteroatoms. The van der Waals surface area contributed by atoms with Gasteiger partial charge in [0.25, 0.3) is 0 Å². The summed E-state index contributed by atoms with van der Waals surface area (Å²) in [7, 11) is 2.12. The van der Waals surface area contributed by atoms with Crippen LogP contribution in [0.1, 0.15) is 21.5 Å². The summed E-state index contributed by atoms with van der Waals surface area (Å²) in [6.45, 7) is 5.63. The van der Waals surface area contributed by atoms with Gasteiger partial charge in [0.15, 0.2) is 11.6 Å². The predicted octanol–water partition coefficient (Wildman–Crippen LogP) is 4.16. The minimum atomic E-state index is 0.0285. The van der Waals surface area contributed by atoms with Gasteiger partial charge >= 0.3 is 0 Å². The molecule has 0 aliphatic carbocycles. The Hall–Kier alpha value is -4.17. The first kappa shape index (κ1) is 23.6. The average Bonchev–Trinajstić information content (AvgIpc) is 2.90. The smallest absolute Gasteiger partial charge is 0.233 e. The van der Waals surface area contributed by atoms with Gasteiger partial charge in [-0.05, 0) is 31.7 Å². The molecule has 0 bridgehead atoms. The van der Waals surface area contributed by atoms with Crippen molar-refractivity contribution in [1.29, 1.82) is 0 Å². The number of carbonyl (C=O) groups is 1. The average molecular weight is 480 g/mol. The molecular weight excluding hydrogens is 450 g/mol. The lowest BCUT2D eigenvalue weighted by Gasteiger charge is -2.32. The summed E-state index contributed by atoms with van der Waals surface area (Å²) in [4.78, 5) is 35.9. The van der Waals surface area contributed by atoms with Crippen LogP contribution in [0.3, 0.4) is 0 Å². The molecule has 36 heavy (non-hydrogen) atoms. The Kier molecular flexibility index (Phi) is 6.95. The molecule has 0 amide bonds.